The van der Waals surface area contributed by atoms with Crippen LogP contribution in [0.15, 0.2) is 5.16 Å². The van der Waals surface area contributed by atoms with E-state index >= 15 is 0 Å². The van der Waals surface area contributed by atoms with Crippen LogP contribution >= 0.6 is 0 Å². The first-order valence-electron chi connectivity index (χ1n) is 6.80. The molecule has 2 fully saturated rings. The van der Waals surface area contributed by atoms with Crippen LogP contribution < -0.4 is 11.1 Å². The Labute approximate surface area is 113 Å². The number of carbonyl (C=O) groups excluding carboxylic acids is 1. The number of amides is 1. The van der Waals surface area contributed by atoms with Crippen LogP contribution in [0.2, 0.25) is 0 Å². The normalized spacial score (nSPS) is 39.5. The van der Waals surface area contributed by atoms with Crippen LogP contribution in [0.5, 0.6) is 0 Å². The van der Waals surface area contributed by atoms with Gasteiger partial charge in [-0.2, -0.15) is 0 Å². The number of nitrogens with zero attached hydrogens (tertiary/aromatic N) is 1. The van der Waals surface area contributed by atoms with Gasteiger partial charge in [0.2, 0.25) is 5.91 Å². The van der Waals surface area contributed by atoms with Crippen LogP contribution in [-0.4, -0.2) is 35.7 Å². The number of amidine groups is 1. The molecule has 0 aromatic rings. The van der Waals surface area contributed by atoms with Crippen LogP contribution in [0.3, 0.4) is 0 Å². The van der Waals surface area contributed by atoms with E-state index < -0.39 is 5.41 Å². The second-order valence-electron chi connectivity index (χ2n) is 6.25. The molecule has 1 heterocycles. The Morgan fingerprint density at radius 2 is 2.21 bits per heavy atom. The first-order valence-corrected chi connectivity index (χ1v) is 6.80. The minimum absolute atomic E-state index is 0.0171. The molecule has 1 aliphatic carbocycles. The lowest BCUT2D eigenvalue weighted by atomic mass is 9.61. The molecule has 2 aliphatic rings. The van der Waals surface area contributed by atoms with Crippen LogP contribution in [0.25, 0.3) is 0 Å². The molecule has 0 radical (unpaired) electrons. The lowest BCUT2D eigenvalue weighted by Crippen LogP contribution is -2.62. The number of carbonyl (C=O) groups is 1. The van der Waals surface area contributed by atoms with E-state index in [9.17, 15) is 4.79 Å². The zero-order valence-corrected chi connectivity index (χ0v) is 11.6. The van der Waals surface area contributed by atoms with Gasteiger partial charge in [0.1, 0.15) is 5.41 Å². The van der Waals surface area contributed by atoms with Gasteiger partial charge in [-0.1, -0.05) is 12.1 Å². The SMILES string of the molecule is CC1CC(C(=O)NC2(C)CCCOC2)(C(N)=NO)C1. The van der Waals surface area contributed by atoms with Crippen molar-refractivity contribution < 1.29 is 14.7 Å². The lowest BCUT2D eigenvalue weighted by Gasteiger charge is -2.46. The van der Waals surface area contributed by atoms with E-state index in [-0.39, 0.29) is 17.3 Å². The summed E-state index contributed by atoms with van der Waals surface area (Å²) in [6, 6.07) is 0. The molecule has 1 unspecified atom stereocenters. The predicted octanol–water partition coefficient (Wildman–Crippen LogP) is 0.834. The van der Waals surface area contributed by atoms with Crippen molar-refractivity contribution in [3.63, 3.8) is 0 Å². The van der Waals surface area contributed by atoms with Crippen molar-refractivity contribution in [1.82, 2.24) is 5.32 Å². The summed E-state index contributed by atoms with van der Waals surface area (Å²) in [6.45, 7) is 5.29. The van der Waals surface area contributed by atoms with Gasteiger partial charge in [0, 0.05) is 6.61 Å². The Morgan fingerprint density at radius 1 is 1.53 bits per heavy atom. The lowest BCUT2D eigenvalue weighted by molar-refractivity contribution is -0.136. The molecule has 6 heteroatoms. The molecule has 0 aromatic carbocycles. The summed E-state index contributed by atoms with van der Waals surface area (Å²) in [5.41, 5.74) is 4.54. The molecular weight excluding hydrogens is 246 g/mol. The Morgan fingerprint density at radius 3 is 2.68 bits per heavy atom. The third kappa shape index (κ3) is 2.54. The standard InChI is InChI=1S/C13H23N3O3/c1-9-6-13(7-9,10(14)16-18)11(17)15-12(2)4-3-5-19-8-12/h9,18H,3-8H2,1-2H3,(H2,14,16)(H,15,17). The monoisotopic (exact) mass is 269 g/mol. The van der Waals surface area contributed by atoms with Crippen LogP contribution in [-0.2, 0) is 9.53 Å². The molecule has 108 valence electrons. The summed E-state index contributed by atoms with van der Waals surface area (Å²) in [6.07, 6.45) is 3.08. The number of rotatable bonds is 3. The summed E-state index contributed by atoms with van der Waals surface area (Å²) in [5, 5.41) is 15.0. The van der Waals surface area contributed by atoms with Crippen molar-refractivity contribution in [2.45, 2.75) is 45.1 Å². The second kappa shape index (κ2) is 5.00. The topological polar surface area (TPSA) is 96.9 Å². The van der Waals surface area contributed by atoms with Gasteiger partial charge in [-0.15, -0.1) is 0 Å². The Hall–Kier alpha value is -1.30. The maximum absolute atomic E-state index is 12.5. The van der Waals surface area contributed by atoms with E-state index in [0.29, 0.717) is 25.4 Å². The molecular formula is C13H23N3O3. The predicted molar refractivity (Wildman–Crippen MR) is 70.8 cm³/mol. The molecule has 1 saturated carbocycles. The number of ether oxygens (including phenoxy) is 1. The highest BCUT2D eigenvalue weighted by Gasteiger charge is 2.53. The highest BCUT2D eigenvalue weighted by molar-refractivity contribution is 6.07. The number of nitrogens with one attached hydrogen (secondary N) is 1. The summed E-state index contributed by atoms with van der Waals surface area (Å²) < 4.78 is 5.43. The van der Waals surface area contributed by atoms with Gasteiger partial charge in [-0.05, 0) is 38.5 Å². The average molecular weight is 269 g/mol. The molecule has 4 N–H and O–H groups in total. The molecule has 1 atom stereocenters. The highest BCUT2D eigenvalue weighted by atomic mass is 16.5. The van der Waals surface area contributed by atoms with Crippen LogP contribution in [0.1, 0.15) is 39.5 Å². The van der Waals surface area contributed by atoms with Crippen molar-refractivity contribution >= 4 is 11.7 Å². The molecule has 1 aliphatic heterocycles. The van der Waals surface area contributed by atoms with Crippen LogP contribution in [0, 0.1) is 11.3 Å². The Kier molecular flexibility index (Phi) is 3.71. The summed E-state index contributed by atoms with van der Waals surface area (Å²) >= 11 is 0. The third-order valence-electron chi connectivity index (χ3n) is 4.28. The zero-order valence-electron chi connectivity index (χ0n) is 11.6. The summed E-state index contributed by atoms with van der Waals surface area (Å²) in [4.78, 5) is 12.5. The first kappa shape index (κ1) is 14.1. The van der Waals surface area contributed by atoms with Crippen molar-refractivity contribution in [2.24, 2.45) is 22.2 Å². The Bertz CT molecular complexity index is 383. The third-order valence-corrected chi connectivity index (χ3v) is 4.28. The van der Waals surface area contributed by atoms with Gasteiger partial charge in [0.25, 0.3) is 0 Å². The smallest absolute Gasteiger partial charge is 0.234 e. The minimum atomic E-state index is -0.839. The molecule has 0 aromatic heterocycles. The first-order chi connectivity index (χ1) is 8.92. The largest absolute Gasteiger partial charge is 0.409 e. The molecule has 1 amide bonds. The maximum Gasteiger partial charge on any atom is 0.234 e. The number of hydrogen-bond acceptors (Lipinski definition) is 4. The number of oxime groups is 1. The average Bonchev–Trinajstić information content (AvgIpc) is 2.34. The minimum Gasteiger partial charge on any atom is -0.409 e. The molecule has 1 saturated heterocycles. The summed E-state index contributed by atoms with van der Waals surface area (Å²) in [7, 11) is 0. The van der Waals surface area contributed by atoms with Crippen LogP contribution in [0.4, 0.5) is 0 Å². The number of hydrogen-bond donors (Lipinski definition) is 3. The zero-order chi connectivity index (χ0) is 14.1. The quantitative estimate of drug-likeness (QED) is 0.306. The van der Waals surface area contributed by atoms with Gasteiger partial charge in [-0.3, -0.25) is 4.79 Å². The Balaban J connectivity index is 2.09. The molecule has 2 rings (SSSR count). The fourth-order valence-electron chi connectivity index (χ4n) is 3.16. The van der Waals surface area contributed by atoms with Crippen molar-refractivity contribution in [3.8, 4) is 0 Å². The number of nitrogens with two attached hydrogens (primary N) is 1. The van der Waals surface area contributed by atoms with Gasteiger partial charge in [0.05, 0.1) is 12.1 Å². The van der Waals surface area contributed by atoms with Crippen molar-refractivity contribution in [1.29, 1.82) is 0 Å². The second-order valence-corrected chi connectivity index (χ2v) is 6.25. The van der Waals surface area contributed by atoms with E-state index in [2.05, 4.69) is 17.4 Å². The van der Waals surface area contributed by atoms with Crippen molar-refractivity contribution in [3.05, 3.63) is 0 Å². The van der Waals surface area contributed by atoms with Gasteiger partial charge in [-0.25, -0.2) is 0 Å². The van der Waals surface area contributed by atoms with E-state index in [4.69, 9.17) is 15.7 Å². The molecule has 0 spiro atoms. The van der Waals surface area contributed by atoms with Crippen molar-refractivity contribution in [2.75, 3.05) is 13.2 Å². The fourth-order valence-corrected chi connectivity index (χ4v) is 3.16. The fraction of sp³-hybridized carbons (Fsp3) is 0.846. The van der Waals surface area contributed by atoms with E-state index in [1.54, 1.807) is 0 Å². The molecule has 6 nitrogen and oxygen atoms in total. The van der Waals surface area contributed by atoms with Gasteiger partial charge >= 0.3 is 0 Å². The van der Waals surface area contributed by atoms with E-state index in [1.165, 1.54) is 0 Å². The van der Waals surface area contributed by atoms with E-state index in [0.717, 1.165) is 19.4 Å². The van der Waals surface area contributed by atoms with Gasteiger partial charge < -0.3 is 21.0 Å². The summed E-state index contributed by atoms with van der Waals surface area (Å²) in [5.74, 6) is 0.291. The van der Waals surface area contributed by atoms with E-state index in [1.807, 2.05) is 6.92 Å². The van der Waals surface area contributed by atoms with Gasteiger partial charge in [0.15, 0.2) is 5.84 Å². The molecule has 19 heavy (non-hydrogen) atoms. The highest BCUT2D eigenvalue weighted by Crippen LogP contribution is 2.46. The maximum atomic E-state index is 12.5. The molecule has 0 bridgehead atoms.